The summed E-state index contributed by atoms with van der Waals surface area (Å²) in [4.78, 5) is 32.3. The van der Waals surface area contributed by atoms with Gasteiger partial charge in [0, 0.05) is 19.3 Å². The highest BCUT2D eigenvalue weighted by Gasteiger charge is 2.13. The molecule has 0 bridgehead atoms. The molecule has 0 aliphatic rings. The van der Waals surface area contributed by atoms with Crippen molar-refractivity contribution in [3.63, 3.8) is 0 Å². The quantitative estimate of drug-likeness (QED) is 0.700. The number of methoxy groups -OCH3 is 2. The molecule has 1 aromatic heterocycles. The van der Waals surface area contributed by atoms with Crippen molar-refractivity contribution in [1.82, 2.24) is 9.97 Å². The summed E-state index contributed by atoms with van der Waals surface area (Å²) >= 11 is 0. The van der Waals surface area contributed by atoms with Crippen molar-refractivity contribution < 1.29 is 19.1 Å². The van der Waals surface area contributed by atoms with Crippen LogP contribution >= 0.6 is 0 Å². The summed E-state index contributed by atoms with van der Waals surface area (Å²) in [6.07, 6.45) is 1.73. The first kappa shape index (κ1) is 14.9. The number of esters is 2. The SMILES string of the molecule is CCN(CCC(=O)OC)c1ccnc(C(=O)OC)n1. The molecule has 0 saturated carbocycles. The van der Waals surface area contributed by atoms with Crippen LogP contribution in [0.3, 0.4) is 0 Å². The zero-order chi connectivity index (χ0) is 14.3. The number of carbonyl (C=O) groups is 2. The van der Waals surface area contributed by atoms with Crippen LogP contribution in [0.25, 0.3) is 0 Å². The van der Waals surface area contributed by atoms with Gasteiger partial charge in [0.25, 0.3) is 0 Å². The molecule has 1 heterocycles. The van der Waals surface area contributed by atoms with Crippen molar-refractivity contribution in [2.75, 3.05) is 32.2 Å². The maximum Gasteiger partial charge on any atom is 0.376 e. The molecule has 0 aromatic carbocycles. The van der Waals surface area contributed by atoms with Gasteiger partial charge in [0.05, 0.1) is 20.6 Å². The first-order valence-electron chi connectivity index (χ1n) is 5.85. The minimum absolute atomic E-state index is 0.00322. The summed E-state index contributed by atoms with van der Waals surface area (Å²) in [6, 6.07) is 1.67. The molecule has 0 atom stereocenters. The van der Waals surface area contributed by atoms with Crippen LogP contribution in [0.1, 0.15) is 24.0 Å². The molecule has 0 radical (unpaired) electrons. The second kappa shape index (κ2) is 7.30. The summed E-state index contributed by atoms with van der Waals surface area (Å²) < 4.78 is 9.15. The van der Waals surface area contributed by atoms with Gasteiger partial charge in [-0.15, -0.1) is 0 Å². The standard InChI is InChI=1S/C12H17N3O4/c1-4-15(8-6-10(16)18-2)9-5-7-13-11(14-9)12(17)19-3/h5,7H,4,6,8H2,1-3H3. The highest BCUT2D eigenvalue weighted by Crippen LogP contribution is 2.10. The van der Waals surface area contributed by atoms with Crippen molar-refractivity contribution in [3.05, 3.63) is 18.1 Å². The monoisotopic (exact) mass is 267 g/mol. The van der Waals surface area contributed by atoms with E-state index in [4.69, 9.17) is 0 Å². The van der Waals surface area contributed by atoms with Crippen LogP contribution in [0.2, 0.25) is 0 Å². The van der Waals surface area contributed by atoms with Crippen LogP contribution < -0.4 is 4.90 Å². The summed E-state index contributed by atoms with van der Waals surface area (Å²) in [5.74, 6) is -0.315. The van der Waals surface area contributed by atoms with Gasteiger partial charge in [-0.25, -0.2) is 14.8 Å². The van der Waals surface area contributed by atoms with Crippen LogP contribution in [-0.4, -0.2) is 49.2 Å². The van der Waals surface area contributed by atoms with E-state index in [9.17, 15) is 9.59 Å². The zero-order valence-corrected chi connectivity index (χ0v) is 11.3. The average molecular weight is 267 g/mol. The number of ether oxygens (including phenoxy) is 2. The first-order valence-corrected chi connectivity index (χ1v) is 5.85. The number of hydrogen-bond acceptors (Lipinski definition) is 7. The minimum Gasteiger partial charge on any atom is -0.469 e. The third-order valence-electron chi connectivity index (χ3n) is 2.53. The number of nitrogens with zero attached hydrogens (tertiary/aromatic N) is 3. The molecule has 0 unspecified atom stereocenters. The van der Waals surface area contributed by atoms with E-state index in [1.165, 1.54) is 20.4 Å². The fourth-order valence-corrected chi connectivity index (χ4v) is 1.48. The van der Waals surface area contributed by atoms with Crippen molar-refractivity contribution in [3.8, 4) is 0 Å². The Balaban J connectivity index is 2.80. The van der Waals surface area contributed by atoms with E-state index >= 15 is 0 Å². The molecule has 104 valence electrons. The van der Waals surface area contributed by atoms with E-state index in [1.54, 1.807) is 6.07 Å². The third-order valence-corrected chi connectivity index (χ3v) is 2.53. The Morgan fingerprint density at radius 2 is 2.05 bits per heavy atom. The Bertz CT molecular complexity index is 450. The van der Waals surface area contributed by atoms with Gasteiger partial charge in [-0.3, -0.25) is 4.79 Å². The van der Waals surface area contributed by atoms with Crippen molar-refractivity contribution in [1.29, 1.82) is 0 Å². The van der Waals surface area contributed by atoms with Gasteiger partial charge in [-0.05, 0) is 13.0 Å². The number of hydrogen-bond donors (Lipinski definition) is 0. The Labute approximate surface area is 111 Å². The van der Waals surface area contributed by atoms with E-state index in [2.05, 4.69) is 19.4 Å². The van der Waals surface area contributed by atoms with Crippen LogP contribution in [0.4, 0.5) is 5.82 Å². The summed E-state index contributed by atoms with van der Waals surface area (Å²) in [5.41, 5.74) is 0. The number of rotatable bonds is 6. The maximum absolute atomic E-state index is 11.3. The predicted molar refractivity (Wildman–Crippen MR) is 67.9 cm³/mol. The second-order valence-electron chi connectivity index (χ2n) is 3.64. The third kappa shape index (κ3) is 4.20. The van der Waals surface area contributed by atoms with Gasteiger partial charge >= 0.3 is 11.9 Å². The van der Waals surface area contributed by atoms with Gasteiger partial charge < -0.3 is 14.4 Å². The lowest BCUT2D eigenvalue weighted by Gasteiger charge is -2.21. The molecule has 0 fully saturated rings. The summed E-state index contributed by atoms with van der Waals surface area (Å²) in [6.45, 7) is 3.03. The van der Waals surface area contributed by atoms with Crippen molar-refractivity contribution in [2.24, 2.45) is 0 Å². The average Bonchev–Trinajstić information content (AvgIpc) is 2.47. The fourth-order valence-electron chi connectivity index (χ4n) is 1.48. The highest BCUT2D eigenvalue weighted by atomic mass is 16.5. The first-order chi connectivity index (χ1) is 9.12. The van der Waals surface area contributed by atoms with E-state index in [-0.39, 0.29) is 18.2 Å². The smallest absolute Gasteiger partial charge is 0.376 e. The van der Waals surface area contributed by atoms with Crippen LogP contribution in [-0.2, 0) is 14.3 Å². The fraction of sp³-hybridized carbons (Fsp3) is 0.500. The topological polar surface area (TPSA) is 81.6 Å². The van der Waals surface area contributed by atoms with Gasteiger partial charge in [0.15, 0.2) is 0 Å². The van der Waals surface area contributed by atoms with E-state index < -0.39 is 5.97 Å². The molecule has 7 heteroatoms. The van der Waals surface area contributed by atoms with Gasteiger partial charge in [-0.1, -0.05) is 0 Å². The number of carbonyl (C=O) groups excluding carboxylic acids is 2. The molecule has 1 rings (SSSR count). The van der Waals surface area contributed by atoms with Gasteiger partial charge in [0.1, 0.15) is 5.82 Å². The second-order valence-corrected chi connectivity index (χ2v) is 3.64. The Morgan fingerprint density at radius 3 is 2.63 bits per heavy atom. The molecule has 19 heavy (non-hydrogen) atoms. The number of aromatic nitrogens is 2. The van der Waals surface area contributed by atoms with Gasteiger partial charge in [0.2, 0.25) is 5.82 Å². The van der Waals surface area contributed by atoms with Crippen LogP contribution in [0.5, 0.6) is 0 Å². The molecule has 0 aliphatic carbocycles. The molecule has 0 aliphatic heterocycles. The molecule has 0 spiro atoms. The van der Waals surface area contributed by atoms with E-state index in [0.29, 0.717) is 18.9 Å². The molecule has 7 nitrogen and oxygen atoms in total. The largest absolute Gasteiger partial charge is 0.469 e. The van der Waals surface area contributed by atoms with Gasteiger partial charge in [-0.2, -0.15) is 0 Å². The minimum atomic E-state index is -0.592. The van der Waals surface area contributed by atoms with Crippen molar-refractivity contribution in [2.45, 2.75) is 13.3 Å². The maximum atomic E-state index is 11.3. The molecular formula is C12H17N3O4. The molecule has 1 aromatic rings. The summed E-state index contributed by atoms with van der Waals surface area (Å²) in [7, 11) is 2.62. The van der Waals surface area contributed by atoms with Crippen LogP contribution in [0.15, 0.2) is 12.3 Å². The Morgan fingerprint density at radius 1 is 1.32 bits per heavy atom. The van der Waals surface area contributed by atoms with Crippen LogP contribution in [0, 0.1) is 0 Å². The zero-order valence-electron chi connectivity index (χ0n) is 11.3. The Hall–Kier alpha value is -2.18. The van der Waals surface area contributed by atoms with E-state index in [0.717, 1.165) is 0 Å². The van der Waals surface area contributed by atoms with Crippen molar-refractivity contribution >= 4 is 17.8 Å². The summed E-state index contributed by atoms with van der Waals surface area (Å²) in [5, 5.41) is 0. The lowest BCUT2D eigenvalue weighted by molar-refractivity contribution is -0.140. The molecule has 0 saturated heterocycles. The lowest BCUT2D eigenvalue weighted by Crippen LogP contribution is -2.27. The highest BCUT2D eigenvalue weighted by molar-refractivity contribution is 5.85. The normalized spacial score (nSPS) is 9.84. The molecule has 0 N–H and O–H groups in total. The Kier molecular flexibility index (Phi) is 5.72. The molecule has 0 amide bonds. The number of anilines is 1. The van der Waals surface area contributed by atoms with E-state index in [1.807, 2.05) is 11.8 Å². The molecular weight excluding hydrogens is 250 g/mol. The predicted octanol–water partition coefficient (Wildman–Crippen LogP) is 0.653. The lowest BCUT2D eigenvalue weighted by atomic mass is 10.3.